The van der Waals surface area contributed by atoms with Crippen LogP contribution in [0.5, 0.6) is 5.75 Å². The van der Waals surface area contributed by atoms with Crippen molar-refractivity contribution in [1.82, 2.24) is 5.32 Å². The van der Waals surface area contributed by atoms with Crippen molar-refractivity contribution in [2.75, 3.05) is 49.3 Å². The Labute approximate surface area is 177 Å². The van der Waals surface area contributed by atoms with Crippen LogP contribution in [0.25, 0.3) is 0 Å². The number of methoxy groups -OCH3 is 1. The molecule has 2 aromatic carbocycles. The van der Waals surface area contributed by atoms with Gasteiger partial charge >= 0.3 is 0 Å². The highest BCUT2D eigenvalue weighted by Crippen LogP contribution is 2.32. The molecule has 0 fully saturated rings. The third kappa shape index (κ3) is 6.83. The van der Waals surface area contributed by atoms with Crippen molar-refractivity contribution >= 4 is 38.9 Å². The minimum atomic E-state index is -3.72. The summed E-state index contributed by atoms with van der Waals surface area (Å²) in [6, 6.07) is 14.5. The number of sulfonamides is 1. The van der Waals surface area contributed by atoms with Crippen LogP contribution in [-0.4, -0.2) is 54.4 Å². The molecule has 0 aliphatic heterocycles. The van der Waals surface area contributed by atoms with Crippen LogP contribution >= 0.6 is 11.6 Å². The summed E-state index contributed by atoms with van der Waals surface area (Å²) in [7, 11) is -0.310. The summed E-state index contributed by atoms with van der Waals surface area (Å²) >= 11 is 6.00. The number of benzene rings is 2. The smallest absolute Gasteiger partial charge is 0.240 e. The fourth-order valence-corrected chi connectivity index (χ4v) is 3.80. The van der Waals surface area contributed by atoms with E-state index >= 15 is 0 Å². The number of hydrogen-bond donors (Lipinski definition) is 1. The molecule has 0 saturated carbocycles. The van der Waals surface area contributed by atoms with Crippen molar-refractivity contribution in [3.63, 3.8) is 0 Å². The van der Waals surface area contributed by atoms with Crippen molar-refractivity contribution in [3.8, 4) is 5.75 Å². The predicted molar refractivity (Wildman–Crippen MR) is 118 cm³/mol. The number of anilines is 2. The quantitative estimate of drug-likeness (QED) is 0.576. The van der Waals surface area contributed by atoms with Gasteiger partial charge in [0, 0.05) is 30.8 Å². The van der Waals surface area contributed by atoms with Crippen LogP contribution in [0.3, 0.4) is 0 Å². The van der Waals surface area contributed by atoms with E-state index in [0.717, 1.165) is 29.2 Å². The largest absolute Gasteiger partial charge is 0.495 e. The second kappa shape index (κ2) is 10.4. The first-order valence-corrected chi connectivity index (χ1v) is 11.3. The summed E-state index contributed by atoms with van der Waals surface area (Å²) in [5.41, 5.74) is 1.32. The normalized spacial score (nSPS) is 11.0. The maximum atomic E-state index is 12.4. The molecule has 0 heterocycles. The maximum Gasteiger partial charge on any atom is 0.240 e. The van der Waals surface area contributed by atoms with Crippen molar-refractivity contribution in [1.29, 1.82) is 0 Å². The van der Waals surface area contributed by atoms with E-state index in [1.807, 2.05) is 37.4 Å². The maximum absolute atomic E-state index is 12.4. The molecule has 0 saturated heterocycles. The number of nitrogens with one attached hydrogen (secondary N) is 1. The molecule has 0 radical (unpaired) electrons. The van der Waals surface area contributed by atoms with Crippen LogP contribution in [0.2, 0.25) is 5.02 Å². The van der Waals surface area contributed by atoms with Crippen LogP contribution in [-0.2, 0) is 14.8 Å². The lowest BCUT2D eigenvalue weighted by Gasteiger charge is -2.24. The first-order valence-electron chi connectivity index (χ1n) is 9.06. The Morgan fingerprint density at radius 2 is 1.86 bits per heavy atom. The lowest BCUT2D eigenvalue weighted by Crippen LogP contribution is -2.41. The van der Waals surface area contributed by atoms with Crippen molar-refractivity contribution in [2.45, 2.75) is 6.42 Å². The van der Waals surface area contributed by atoms with Crippen molar-refractivity contribution < 1.29 is 17.9 Å². The molecule has 1 amide bonds. The van der Waals surface area contributed by atoms with E-state index in [0.29, 0.717) is 17.3 Å². The zero-order valence-electron chi connectivity index (χ0n) is 16.8. The molecule has 29 heavy (non-hydrogen) atoms. The van der Waals surface area contributed by atoms with Crippen molar-refractivity contribution in [2.24, 2.45) is 0 Å². The molecule has 0 spiro atoms. The van der Waals surface area contributed by atoms with Gasteiger partial charge in [-0.2, -0.15) is 0 Å². The first kappa shape index (κ1) is 22.8. The molecule has 2 aromatic rings. The molecule has 0 aliphatic carbocycles. The number of carbonyl (C=O) groups is 1. The molecule has 158 valence electrons. The molecule has 9 heteroatoms. The number of nitrogens with zero attached hydrogens (tertiary/aromatic N) is 2. The predicted octanol–water partition coefficient (Wildman–Crippen LogP) is 2.76. The Kier molecular flexibility index (Phi) is 8.16. The number of ether oxygens (including phenoxy) is 1. The third-order valence-corrected chi connectivity index (χ3v) is 5.65. The number of amides is 1. The SMILES string of the molecule is COc1ccc(Cl)cc1N(CC(=O)NCCCN(C)c1ccccc1)S(C)(=O)=O. The number of hydrogen-bond acceptors (Lipinski definition) is 5. The summed E-state index contributed by atoms with van der Waals surface area (Å²) in [6.07, 6.45) is 1.76. The minimum Gasteiger partial charge on any atom is -0.495 e. The van der Waals surface area contributed by atoms with Gasteiger partial charge in [-0.05, 0) is 36.8 Å². The Balaban J connectivity index is 1.95. The molecule has 0 aliphatic rings. The summed E-state index contributed by atoms with van der Waals surface area (Å²) in [4.78, 5) is 14.5. The average Bonchev–Trinajstić information content (AvgIpc) is 2.69. The van der Waals surface area contributed by atoms with Gasteiger partial charge in [0.1, 0.15) is 12.3 Å². The van der Waals surface area contributed by atoms with Gasteiger partial charge in [-0.3, -0.25) is 9.10 Å². The van der Waals surface area contributed by atoms with Gasteiger partial charge in [-0.1, -0.05) is 29.8 Å². The lowest BCUT2D eigenvalue weighted by molar-refractivity contribution is -0.119. The Morgan fingerprint density at radius 3 is 2.48 bits per heavy atom. The van der Waals surface area contributed by atoms with Crippen LogP contribution < -0.4 is 19.3 Å². The van der Waals surface area contributed by atoms with Gasteiger partial charge in [0.2, 0.25) is 15.9 Å². The van der Waals surface area contributed by atoms with E-state index < -0.39 is 15.9 Å². The second-order valence-corrected chi connectivity index (χ2v) is 8.89. The number of carbonyl (C=O) groups excluding carboxylic acids is 1. The van der Waals surface area contributed by atoms with E-state index in [9.17, 15) is 13.2 Å². The molecule has 2 rings (SSSR count). The number of rotatable bonds is 10. The highest BCUT2D eigenvalue weighted by Gasteiger charge is 2.24. The van der Waals surface area contributed by atoms with Crippen LogP contribution in [0, 0.1) is 0 Å². The zero-order chi connectivity index (χ0) is 21.4. The van der Waals surface area contributed by atoms with Crippen LogP contribution in [0.1, 0.15) is 6.42 Å². The summed E-state index contributed by atoms with van der Waals surface area (Å²) in [6.45, 7) is 0.826. The van der Waals surface area contributed by atoms with E-state index in [-0.39, 0.29) is 12.2 Å². The average molecular weight is 440 g/mol. The number of halogens is 1. The van der Waals surface area contributed by atoms with Gasteiger partial charge in [-0.15, -0.1) is 0 Å². The molecule has 7 nitrogen and oxygen atoms in total. The Morgan fingerprint density at radius 1 is 1.17 bits per heavy atom. The van der Waals surface area contributed by atoms with E-state index in [4.69, 9.17) is 16.3 Å². The molecule has 0 atom stereocenters. The fraction of sp³-hybridized carbons (Fsp3) is 0.350. The van der Waals surface area contributed by atoms with Crippen LogP contribution in [0.4, 0.5) is 11.4 Å². The molecule has 0 bridgehead atoms. The van der Waals surface area contributed by atoms with Gasteiger partial charge in [0.15, 0.2) is 0 Å². The third-order valence-electron chi connectivity index (χ3n) is 4.29. The Hall–Kier alpha value is -2.45. The number of para-hydroxylation sites is 1. The molecule has 0 unspecified atom stereocenters. The van der Waals surface area contributed by atoms with Crippen LogP contribution in [0.15, 0.2) is 48.5 Å². The monoisotopic (exact) mass is 439 g/mol. The summed E-state index contributed by atoms with van der Waals surface area (Å²) < 4.78 is 30.7. The Bertz CT molecular complexity index is 923. The fourth-order valence-electron chi connectivity index (χ4n) is 2.78. The second-order valence-electron chi connectivity index (χ2n) is 6.55. The van der Waals surface area contributed by atoms with E-state index in [1.165, 1.54) is 13.2 Å². The zero-order valence-corrected chi connectivity index (χ0v) is 18.3. The molecule has 0 aromatic heterocycles. The van der Waals surface area contributed by atoms with Gasteiger partial charge in [0.05, 0.1) is 19.1 Å². The summed E-state index contributed by atoms with van der Waals surface area (Å²) in [5.74, 6) is -0.0862. The lowest BCUT2D eigenvalue weighted by atomic mass is 10.3. The molecule has 1 N–H and O–H groups in total. The molecular formula is C20H26ClN3O4S. The minimum absolute atomic E-state index is 0.224. The first-order chi connectivity index (χ1) is 13.7. The van der Waals surface area contributed by atoms with Crippen molar-refractivity contribution in [3.05, 3.63) is 53.6 Å². The highest BCUT2D eigenvalue weighted by atomic mass is 35.5. The van der Waals surface area contributed by atoms with E-state index in [1.54, 1.807) is 12.1 Å². The van der Waals surface area contributed by atoms with Gasteiger partial charge in [-0.25, -0.2) is 8.42 Å². The van der Waals surface area contributed by atoms with Gasteiger partial charge < -0.3 is 15.0 Å². The standard InChI is InChI=1S/C20H26ClN3O4S/c1-23(17-8-5-4-6-9-17)13-7-12-22-20(25)15-24(29(3,26)27)18-14-16(21)10-11-19(18)28-2/h4-6,8-11,14H,7,12-13,15H2,1-3H3,(H,22,25). The van der Waals surface area contributed by atoms with E-state index in [2.05, 4.69) is 10.2 Å². The topological polar surface area (TPSA) is 79.0 Å². The summed E-state index contributed by atoms with van der Waals surface area (Å²) in [5, 5.41) is 3.11. The highest BCUT2D eigenvalue weighted by molar-refractivity contribution is 7.92. The van der Waals surface area contributed by atoms with Gasteiger partial charge in [0.25, 0.3) is 0 Å². The molecular weight excluding hydrogens is 414 g/mol.